The highest BCUT2D eigenvalue weighted by molar-refractivity contribution is 5.86. The summed E-state index contributed by atoms with van der Waals surface area (Å²) in [6, 6.07) is 4.10. The average Bonchev–Trinajstić information content (AvgIpc) is 2.54. The summed E-state index contributed by atoms with van der Waals surface area (Å²) in [5, 5.41) is 1.16. The van der Waals surface area contributed by atoms with Gasteiger partial charge in [-0.3, -0.25) is 0 Å². The predicted octanol–water partition coefficient (Wildman–Crippen LogP) is 1.93. The number of rotatable bonds is 2. The Morgan fingerprint density at radius 1 is 1.53 bits per heavy atom. The molecule has 3 nitrogen and oxygen atoms in total. The zero-order valence-corrected chi connectivity index (χ0v) is 9.01. The van der Waals surface area contributed by atoms with E-state index in [9.17, 15) is 0 Å². The van der Waals surface area contributed by atoms with Crippen LogP contribution in [0.4, 0.5) is 0 Å². The molecule has 0 fully saturated rings. The summed E-state index contributed by atoms with van der Waals surface area (Å²) in [5.41, 5.74) is 7.85. The molecule has 0 amide bonds. The molecular weight excluding hydrogens is 186 g/mol. The molecule has 0 aliphatic heterocycles. The number of hydrogen-bond acceptors (Lipinski definition) is 2. The molecule has 3 heteroatoms. The molecule has 0 aliphatic carbocycles. The summed E-state index contributed by atoms with van der Waals surface area (Å²) in [7, 11) is 2.00. The number of hydrogen-bond donors (Lipinski definition) is 1. The van der Waals surface area contributed by atoms with Crippen LogP contribution in [0.25, 0.3) is 17.1 Å². The first-order valence-corrected chi connectivity index (χ1v) is 5.02. The standard InChI is InChI=1S/C12H15N3/c1-9(13)5-6-10-8-15(2)12-11(10)4-3-7-14-12/h3-9H,13H2,1-2H3/b6-5+. The minimum Gasteiger partial charge on any atom is -0.335 e. The summed E-state index contributed by atoms with van der Waals surface area (Å²) in [4.78, 5) is 4.33. The summed E-state index contributed by atoms with van der Waals surface area (Å²) in [6.45, 7) is 1.96. The van der Waals surface area contributed by atoms with Crippen LogP contribution in [0.15, 0.2) is 30.6 Å². The minimum atomic E-state index is 0.0805. The largest absolute Gasteiger partial charge is 0.335 e. The summed E-state index contributed by atoms with van der Waals surface area (Å²) >= 11 is 0. The van der Waals surface area contributed by atoms with Crippen LogP contribution in [0, 0.1) is 0 Å². The third-order valence-corrected chi connectivity index (χ3v) is 2.34. The van der Waals surface area contributed by atoms with E-state index in [2.05, 4.69) is 23.3 Å². The lowest BCUT2D eigenvalue weighted by Crippen LogP contribution is -2.09. The molecule has 2 N–H and O–H groups in total. The van der Waals surface area contributed by atoms with Gasteiger partial charge in [-0.25, -0.2) is 4.98 Å². The quantitative estimate of drug-likeness (QED) is 0.806. The van der Waals surface area contributed by atoms with Crippen LogP contribution >= 0.6 is 0 Å². The van der Waals surface area contributed by atoms with Crippen LogP contribution in [-0.4, -0.2) is 15.6 Å². The first-order chi connectivity index (χ1) is 7.18. The maximum absolute atomic E-state index is 5.68. The van der Waals surface area contributed by atoms with Crippen LogP contribution in [0.2, 0.25) is 0 Å². The molecule has 0 aromatic carbocycles. The van der Waals surface area contributed by atoms with Crippen molar-refractivity contribution in [2.45, 2.75) is 13.0 Å². The number of pyridine rings is 1. The van der Waals surface area contributed by atoms with Crippen LogP contribution in [-0.2, 0) is 7.05 Å². The second-order valence-electron chi connectivity index (χ2n) is 3.79. The third-order valence-electron chi connectivity index (χ3n) is 2.34. The molecule has 0 saturated carbocycles. The van der Waals surface area contributed by atoms with Crippen LogP contribution < -0.4 is 5.73 Å². The van der Waals surface area contributed by atoms with Crippen molar-refractivity contribution in [1.29, 1.82) is 0 Å². The van der Waals surface area contributed by atoms with Gasteiger partial charge in [-0.05, 0) is 19.1 Å². The maximum atomic E-state index is 5.68. The fourth-order valence-electron chi connectivity index (χ4n) is 1.63. The van der Waals surface area contributed by atoms with E-state index in [4.69, 9.17) is 5.73 Å². The van der Waals surface area contributed by atoms with Crippen molar-refractivity contribution >= 4 is 17.1 Å². The van der Waals surface area contributed by atoms with Crippen LogP contribution in [0.1, 0.15) is 12.5 Å². The Bertz CT molecular complexity index is 495. The van der Waals surface area contributed by atoms with Crippen molar-refractivity contribution < 1.29 is 0 Å². The molecular formula is C12H15N3. The Balaban J connectivity index is 2.52. The van der Waals surface area contributed by atoms with Gasteiger partial charge in [0.1, 0.15) is 5.65 Å². The summed E-state index contributed by atoms with van der Waals surface area (Å²) in [5.74, 6) is 0. The molecule has 78 valence electrons. The van der Waals surface area contributed by atoms with Gasteiger partial charge in [-0.1, -0.05) is 12.2 Å². The fourth-order valence-corrected chi connectivity index (χ4v) is 1.63. The monoisotopic (exact) mass is 201 g/mol. The molecule has 0 spiro atoms. The number of nitrogens with zero attached hydrogens (tertiary/aromatic N) is 2. The lowest BCUT2D eigenvalue weighted by Gasteiger charge is -1.94. The van der Waals surface area contributed by atoms with E-state index in [-0.39, 0.29) is 6.04 Å². The van der Waals surface area contributed by atoms with Gasteiger partial charge in [0.2, 0.25) is 0 Å². The molecule has 2 heterocycles. The zero-order chi connectivity index (χ0) is 10.8. The molecule has 2 rings (SSSR count). The zero-order valence-electron chi connectivity index (χ0n) is 9.01. The lowest BCUT2D eigenvalue weighted by atomic mass is 10.2. The smallest absolute Gasteiger partial charge is 0.140 e. The Morgan fingerprint density at radius 2 is 2.33 bits per heavy atom. The first kappa shape index (κ1) is 9.93. The molecule has 0 saturated heterocycles. The molecule has 0 radical (unpaired) electrons. The molecule has 0 bridgehead atoms. The number of aromatic nitrogens is 2. The van der Waals surface area contributed by atoms with Gasteiger partial charge in [-0.15, -0.1) is 0 Å². The van der Waals surface area contributed by atoms with E-state index < -0.39 is 0 Å². The Labute approximate surface area is 89.2 Å². The molecule has 2 aromatic rings. The Kier molecular flexibility index (Phi) is 2.56. The lowest BCUT2D eigenvalue weighted by molar-refractivity contribution is 0.929. The molecule has 15 heavy (non-hydrogen) atoms. The highest BCUT2D eigenvalue weighted by Gasteiger charge is 2.03. The van der Waals surface area contributed by atoms with Gasteiger partial charge in [0.05, 0.1) is 0 Å². The Hall–Kier alpha value is -1.61. The van der Waals surface area contributed by atoms with Crippen LogP contribution in [0.5, 0.6) is 0 Å². The van der Waals surface area contributed by atoms with E-state index in [1.165, 1.54) is 0 Å². The van der Waals surface area contributed by atoms with Crippen molar-refractivity contribution in [3.05, 3.63) is 36.2 Å². The Morgan fingerprint density at radius 3 is 3.07 bits per heavy atom. The third kappa shape index (κ3) is 1.92. The van der Waals surface area contributed by atoms with E-state index in [1.54, 1.807) is 6.20 Å². The van der Waals surface area contributed by atoms with Crippen molar-refractivity contribution in [3.8, 4) is 0 Å². The minimum absolute atomic E-state index is 0.0805. The number of fused-ring (bicyclic) bond motifs is 1. The second-order valence-corrected chi connectivity index (χ2v) is 3.79. The highest BCUT2D eigenvalue weighted by Crippen LogP contribution is 2.19. The van der Waals surface area contributed by atoms with Crippen molar-refractivity contribution in [2.24, 2.45) is 12.8 Å². The number of aryl methyl sites for hydroxylation is 1. The fraction of sp³-hybridized carbons (Fsp3) is 0.250. The second kappa shape index (κ2) is 3.87. The van der Waals surface area contributed by atoms with Crippen molar-refractivity contribution in [1.82, 2.24) is 9.55 Å². The van der Waals surface area contributed by atoms with Crippen LogP contribution in [0.3, 0.4) is 0 Å². The number of nitrogens with two attached hydrogens (primary N) is 1. The van der Waals surface area contributed by atoms with Gasteiger partial charge in [0.25, 0.3) is 0 Å². The van der Waals surface area contributed by atoms with Gasteiger partial charge in [-0.2, -0.15) is 0 Å². The summed E-state index contributed by atoms with van der Waals surface area (Å²) in [6.07, 6.45) is 7.91. The molecule has 2 aromatic heterocycles. The van der Waals surface area contributed by atoms with Gasteiger partial charge >= 0.3 is 0 Å². The van der Waals surface area contributed by atoms with Gasteiger partial charge in [0.15, 0.2) is 0 Å². The normalized spacial score (nSPS) is 13.8. The molecule has 0 aliphatic rings. The topological polar surface area (TPSA) is 43.8 Å². The first-order valence-electron chi connectivity index (χ1n) is 5.02. The molecule has 1 unspecified atom stereocenters. The average molecular weight is 201 g/mol. The van der Waals surface area contributed by atoms with E-state index in [0.29, 0.717) is 0 Å². The van der Waals surface area contributed by atoms with E-state index in [0.717, 1.165) is 16.6 Å². The summed E-state index contributed by atoms with van der Waals surface area (Å²) < 4.78 is 2.02. The van der Waals surface area contributed by atoms with E-state index >= 15 is 0 Å². The molecule has 1 atom stereocenters. The van der Waals surface area contributed by atoms with Crippen molar-refractivity contribution in [2.75, 3.05) is 0 Å². The van der Waals surface area contributed by atoms with Gasteiger partial charge < -0.3 is 10.3 Å². The predicted molar refractivity (Wildman–Crippen MR) is 63.4 cm³/mol. The maximum Gasteiger partial charge on any atom is 0.140 e. The van der Waals surface area contributed by atoms with E-state index in [1.807, 2.05) is 30.7 Å². The highest BCUT2D eigenvalue weighted by atomic mass is 15.0. The van der Waals surface area contributed by atoms with Gasteiger partial charge in [0, 0.05) is 36.4 Å². The SMILES string of the molecule is CC(N)/C=C/c1cn(C)c2ncccc12. The van der Waals surface area contributed by atoms with Crippen molar-refractivity contribution in [3.63, 3.8) is 0 Å².